The molecular formula is C26H28N6O2. The Morgan fingerprint density at radius 1 is 0.941 bits per heavy atom. The molecule has 2 heterocycles. The second kappa shape index (κ2) is 9.24. The third-order valence-electron chi connectivity index (χ3n) is 6.22. The lowest BCUT2D eigenvalue weighted by Crippen LogP contribution is -2.59. The number of hydrogen-bond donors (Lipinski definition) is 2. The van der Waals surface area contributed by atoms with Crippen molar-refractivity contribution in [1.29, 1.82) is 0 Å². The molecule has 0 atom stereocenters. The zero-order valence-corrected chi connectivity index (χ0v) is 19.5. The van der Waals surface area contributed by atoms with Crippen molar-refractivity contribution in [2.75, 3.05) is 31.8 Å². The Kier molecular flexibility index (Phi) is 6.00. The molecule has 2 N–H and O–H groups in total. The molecule has 174 valence electrons. The van der Waals surface area contributed by atoms with Crippen LogP contribution in [0.25, 0.3) is 10.9 Å². The SMILES string of the molecule is COC1(N(C)C)CC(Oc2ccc(Nc3nccc(Nc4cnc5ccccc5c4)n3)cc2)C1. The van der Waals surface area contributed by atoms with Crippen LogP contribution >= 0.6 is 0 Å². The first kappa shape index (κ1) is 22.1. The number of fused-ring (bicyclic) bond motifs is 1. The van der Waals surface area contributed by atoms with Crippen LogP contribution in [0.5, 0.6) is 5.75 Å². The minimum atomic E-state index is -0.217. The van der Waals surface area contributed by atoms with Gasteiger partial charge in [0.1, 0.15) is 23.4 Å². The van der Waals surface area contributed by atoms with Gasteiger partial charge in [0.2, 0.25) is 5.95 Å². The number of methoxy groups -OCH3 is 1. The lowest BCUT2D eigenvalue weighted by molar-refractivity contribution is -0.204. The van der Waals surface area contributed by atoms with Gasteiger partial charge in [-0.05, 0) is 56.6 Å². The fourth-order valence-corrected chi connectivity index (χ4v) is 4.16. The predicted molar refractivity (Wildman–Crippen MR) is 134 cm³/mol. The first-order chi connectivity index (χ1) is 16.5. The van der Waals surface area contributed by atoms with Crippen molar-refractivity contribution < 1.29 is 9.47 Å². The average molecular weight is 457 g/mol. The van der Waals surface area contributed by atoms with E-state index in [2.05, 4.69) is 30.5 Å². The number of nitrogens with zero attached hydrogens (tertiary/aromatic N) is 4. The summed E-state index contributed by atoms with van der Waals surface area (Å²) < 4.78 is 11.8. The van der Waals surface area contributed by atoms with E-state index in [0.29, 0.717) is 11.8 Å². The Morgan fingerprint density at radius 3 is 2.50 bits per heavy atom. The van der Waals surface area contributed by atoms with Gasteiger partial charge in [0.05, 0.1) is 17.4 Å². The van der Waals surface area contributed by atoms with Gasteiger partial charge < -0.3 is 20.1 Å². The van der Waals surface area contributed by atoms with Gasteiger partial charge in [0, 0.05) is 37.2 Å². The van der Waals surface area contributed by atoms with E-state index in [1.807, 2.05) is 74.8 Å². The fourth-order valence-electron chi connectivity index (χ4n) is 4.16. The number of aromatic nitrogens is 3. The summed E-state index contributed by atoms with van der Waals surface area (Å²) in [6.07, 6.45) is 5.35. The fraction of sp³-hybridized carbons (Fsp3) is 0.269. The van der Waals surface area contributed by atoms with Gasteiger partial charge in [0.15, 0.2) is 0 Å². The Balaban J connectivity index is 1.20. The minimum absolute atomic E-state index is 0.150. The molecule has 0 amide bonds. The van der Waals surface area contributed by atoms with Crippen LogP contribution in [0.15, 0.2) is 73.1 Å². The Labute approximate surface area is 199 Å². The van der Waals surface area contributed by atoms with Crippen molar-refractivity contribution in [2.24, 2.45) is 0 Å². The number of nitrogens with one attached hydrogen (secondary N) is 2. The van der Waals surface area contributed by atoms with Gasteiger partial charge in [-0.25, -0.2) is 4.98 Å². The van der Waals surface area contributed by atoms with Crippen molar-refractivity contribution in [3.05, 3.63) is 73.1 Å². The first-order valence-electron chi connectivity index (χ1n) is 11.2. The molecule has 8 heteroatoms. The zero-order chi connectivity index (χ0) is 23.5. The van der Waals surface area contributed by atoms with Crippen molar-refractivity contribution in [1.82, 2.24) is 19.9 Å². The topological polar surface area (TPSA) is 84.4 Å². The van der Waals surface area contributed by atoms with Crippen LogP contribution in [0.4, 0.5) is 23.1 Å². The predicted octanol–water partition coefficient (Wildman–Crippen LogP) is 4.96. The molecule has 1 aliphatic carbocycles. The number of pyridine rings is 1. The Morgan fingerprint density at radius 2 is 1.74 bits per heavy atom. The molecular weight excluding hydrogens is 428 g/mol. The first-order valence-corrected chi connectivity index (χ1v) is 11.2. The summed E-state index contributed by atoms with van der Waals surface area (Å²) >= 11 is 0. The van der Waals surface area contributed by atoms with Gasteiger partial charge in [0.25, 0.3) is 0 Å². The summed E-state index contributed by atoms with van der Waals surface area (Å²) in [6, 6.07) is 19.7. The van der Waals surface area contributed by atoms with Gasteiger partial charge in [-0.1, -0.05) is 18.2 Å². The van der Waals surface area contributed by atoms with E-state index in [1.54, 1.807) is 19.5 Å². The number of rotatable bonds is 8. The van der Waals surface area contributed by atoms with Crippen LogP contribution in [0.1, 0.15) is 12.8 Å². The molecule has 0 unspecified atom stereocenters. The zero-order valence-electron chi connectivity index (χ0n) is 19.5. The van der Waals surface area contributed by atoms with Gasteiger partial charge in [-0.2, -0.15) is 4.98 Å². The highest BCUT2D eigenvalue weighted by Gasteiger charge is 2.48. The second-order valence-corrected chi connectivity index (χ2v) is 8.65. The molecule has 5 rings (SSSR count). The molecule has 1 saturated carbocycles. The highest BCUT2D eigenvalue weighted by molar-refractivity contribution is 5.82. The summed E-state index contributed by atoms with van der Waals surface area (Å²) in [5, 5.41) is 7.61. The molecule has 2 aromatic heterocycles. The normalized spacial score (nSPS) is 19.6. The molecule has 0 radical (unpaired) electrons. The quantitative estimate of drug-likeness (QED) is 0.360. The van der Waals surface area contributed by atoms with E-state index in [9.17, 15) is 0 Å². The van der Waals surface area contributed by atoms with Crippen LogP contribution in [0.2, 0.25) is 0 Å². The molecule has 8 nitrogen and oxygen atoms in total. The van der Waals surface area contributed by atoms with Crippen molar-refractivity contribution in [3.63, 3.8) is 0 Å². The van der Waals surface area contributed by atoms with E-state index >= 15 is 0 Å². The highest BCUT2D eigenvalue weighted by atomic mass is 16.5. The van der Waals surface area contributed by atoms with Crippen LogP contribution < -0.4 is 15.4 Å². The molecule has 0 aliphatic heterocycles. The van der Waals surface area contributed by atoms with Crippen molar-refractivity contribution in [3.8, 4) is 5.75 Å². The minimum Gasteiger partial charge on any atom is -0.490 e. The van der Waals surface area contributed by atoms with Gasteiger partial charge >= 0.3 is 0 Å². The molecule has 0 bridgehead atoms. The average Bonchev–Trinajstić information content (AvgIpc) is 2.82. The molecule has 0 saturated heterocycles. The molecule has 0 spiro atoms. The third kappa shape index (κ3) is 4.64. The van der Waals surface area contributed by atoms with Crippen LogP contribution in [-0.2, 0) is 4.74 Å². The lowest BCUT2D eigenvalue weighted by Gasteiger charge is -2.50. The van der Waals surface area contributed by atoms with Crippen LogP contribution in [0.3, 0.4) is 0 Å². The maximum atomic E-state index is 6.10. The highest BCUT2D eigenvalue weighted by Crippen LogP contribution is 2.39. The molecule has 1 aliphatic rings. The molecule has 4 aromatic rings. The summed E-state index contributed by atoms with van der Waals surface area (Å²) in [7, 11) is 5.82. The summed E-state index contributed by atoms with van der Waals surface area (Å²) in [6.45, 7) is 0. The van der Waals surface area contributed by atoms with Gasteiger partial charge in [-0.15, -0.1) is 0 Å². The standard InChI is InChI=1S/C26H28N6O2/c1-32(2)26(33-3)15-22(16-26)34-21-10-8-19(9-11-21)30-25-27-13-12-24(31-25)29-20-14-18-6-4-5-7-23(18)28-17-20/h4-14,17,22H,15-16H2,1-3H3,(H2,27,29,30,31). The monoisotopic (exact) mass is 456 g/mol. The van der Waals surface area contributed by atoms with Gasteiger partial charge in [-0.3, -0.25) is 9.88 Å². The number of ether oxygens (including phenoxy) is 2. The van der Waals surface area contributed by atoms with Crippen molar-refractivity contribution >= 4 is 34.0 Å². The lowest BCUT2D eigenvalue weighted by atomic mass is 9.83. The number of para-hydroxylation sites is 1. The number of benzene rings is 2. The number of hydrogen-bond acceptors (Lipinski definition) is 8. The number of anilines is 4. The maximum absolute atomic E-state index is 6.10. The van der Waals surface area contributed by atoms with Crippen LogP contribution in [-0.4, -0.2) is 52.9 Å². The summed E-state index contributed by atoms with van der Waals surface area (Å²) in [5.41, 5.74) is 2.49. The second-order valence-electron chi connectivity index (χ2n) is 8.65. The molecule has 34 heavy (non-hydrogen) atoms. The van der Waals surface area contributed by atoms with E-state index in [4.69, 9.17) is 9.47 Å². The smallest absolute Gasteiger partial charge is 0.229 e. The summed E-state index contributed by atoms with van der Waals surface area (Å²) in [4.78, 5) is 15.5. The summed E-state index contributed by atoms with van der Waals surface area (Å²) in [5.74, 6) is 2.02. The van der Waals surface area contributed by atoms with Crippen molar-refractivity contribution in [2.45, 2.75) is 24.7 Å². The Bertz CT molecular complexity index is 1270. The van der Waals surface area contributed by atoms with E-state index in [-0.39, 0.29) is 11.8 Å². The maximum Gasteiger partial charge on any atom is 0.229 e. The van der Waals surface area contributed by atoms with E-state index in [1.165, 1.54) is 0 Å². The molecule has 1 fully saturated rings. The van der Waals surface area contributed by atoms with Crippen LogP contribution in [0, 0.1) is 0 Å². The molecule has 2 aromatic carbocycles. The van der Waals surface area contributed by atoms with E-state index in [0.717, 1.165) is 40.9 Å². The van der Waals surface area contributed by atoms with E-state index < -0.39 is 0 Å². The largest absolute Gasteiger partial charge is 0.490 e. The Hall–Kier alpha value is -3.75. The third-order valence-corrected chi connectivity index (χ3v) is 6.22.